The fourth-order valence-electron chi connectivity index (χ4n) is 3.96. The molecule has 0 spiro atoms. The second-order valence-corrected chi connectivity index (χ2v) is 9.59. The summed E-state index contributed by atoms with van der Waals surface area (Å²) in [6.07, 6.45) is 0.898. The maximum Gasteiger partial charge on any atom is 0.260 e. The van der Waals surface area contributed by atoms with Crippen LogP contribution in [0.1, 0.15) is 42.6 Å². The first-order valence-corrected chi connectivity index (χ1v) is 12.1. The average molecular weight is 452 g/mol. The van der Waals surface area contributed by atoms with Crippen molar-refractivity contribution in [3.8, 4) is 10.4 Å². The van der Waals surface area contributed by atoms with Crippen LogP contribution in [0.25, 0.3) is 20.7 Å². The molecule has 3 heterocycles. The number of rotatable bonds is 7. The number of likely N-dealkylation sites (N-methyl/N-ethyl adjacent to an activating group) is 1. The van der Waals surface area contributed by atoms with Gasteiger partial charge in [-0.25, -0.2) is 4.98 Å². The Labute approximate surface area is 189 Å². The van der Waals surface area contributed by atoms with Gasteiger partial charge in [-0.2, -0.15) is 0 Å². The number of amides is 1. The predicted molar refractivity (Wildman–Crippen MR) is 129 cm³/mol. The molecule has 0 aliphatic heterocycles. The lowest BCUT2D eigenvalue weighted by molar-refractivity contribution is -0.133. The minimum Gasteiger partial charge on any atom is -0.336 e. The number of nitrogens with zero attached hydrogens (tertiary/aromatic N) is 2. The fourth-order valence-corrected chi connectivity index (χ4v) is 5.89. The molecule has 7 heteroatoms. The van der Waals surface area contributed by atoms with E-state index in [1.54, 1.807) is 11.3 Å². The van der Waals surface area contributed by atoms with Crippen LogP contribution in [0.5, 0.6) is 0 Å². The monoisotopic (exact) mass is 451 g/mol. The van der Waals surface area contributed by atoms with Crippen molar-refractivity contribution in [2.75, 3.05) is 6.54 Å². The summed E-state index contributed by atoms with van der Waals surface area (Å²) in [7, 11) is 0. The molecular weight excluding hydrogens is 426 g/mol. The van der Waals surface area contributed by atoms with Gasteiger partial charge in [-0.1, -0.05) is 37.3 Å². The molecule has 0 fully saturated rings. The van der Waals surface area contributed by atoms with E-state index in [-0.39, 0.29) is 23.9 Å². The first-order valence-electron chi connectivity index (χ1n) is 10.4. The van der Waals surface area contributed by atoms with Crippen molar-refractivity contribution in [2.24, 2.45) is 0 Å². The van der Waals surface area contributed by atoms with Gasteiger partial charge in [0, 0.05) is 27.2 Å². The lowest BCUT2D eigenvalue weighted by Gasteiger charge is -2.30. The van der Waals surface area contributed by atoms with Gasteiger partial charge < -0.3 is 9.88 Å². The largest absolute Gasteiger partial charge is 0.336 e. The highest BCUT2D eigenvalue weighted by atomic mass is 32.1. The first-order chi connectivity index (χ1) is 15.0. The second-order valence-electron chi connectivity index (χ2n) is 7.44. The number of benzene rings is 1. The van der Waals surface area contributed by atoms with Crippen molar-refractivity contribution in [3.05, 3.63) is 74.5 Å². The van der Waals surface area contributed by atoms with Gasteiger partial charge in [-0.3, -0.25) is 9.59 Å². The molecule has 0 saturated carbocycles. The molecule has 4 rings (SSSR count). The molecule has 160 valence electrons. The van der Waals surface area contributed by atoms with Crippen LogP contribution in [-0.4, -0.2) is 27.3 Å². The smallest absolute Gasteiger partial charge is 0.260 e. The number of hydrogen-bond acceptors (Lipinski definition) is 5. The molecule has 1 N–H and O–H groups in total. The molecule has 4 aromatic rings. The van der Waals surface area contributed by atoms with E-state index in [1.807, 2.05) is 54.5 Å². The molecule has 0 saturated heterocycles. The molecule has 0 aliphatic carbocycles. The molecule has 0 radical (unpaired) electrons. The summed E-state index contributed by atoms with van der Waals surface area (Å²) in [5.41, 5.74) is 1.84. The van der Waals surface area contributed by atoms with Crippen LogP contribution in [0, 0.1) is 6.92 Å². The summed E-state index contributed by atoms with van der Waals surface area (Å²) >= 11 is 3.11. The van der Waals surface area contributed by atoms with Crippen LogP contribution in [0.2, 0.25) is 0 Å². The van der Waals surface area contributed by atoms with E-state index in [0.717, 1.165) is 22.4 Å². The van der Waals surface area contributed by atoms with Gasteiger partial charge in [0.05, 0.1) is 17.8 Å². The molecule has 0 bridgehead atoms. The topological polar surface area (TPSA) is 66.1 Å². The van der Waals surface area contributed by atoms with Crippen molar-refractivity contribution < 1.29 is 4.79 Å². The van der Waals surface area contributed by atoms with Gasteiger partial charge in [-0.05, 0) is 38.0 Å². The van der Waals surface area contributed by atoms with Crippen molar-refractivity contribution in [1.29, 1.82) is 0 Å². The van der Waals surface area contributed by atoms with Gasteiger partial charge in [0.15, 0.2) is 0 Å². The zero-order valence-corrected chi connectivity index (χ0v) is 19.5. The third-order valence-electron chi connectivity index (χ3n) is 5.43. The molecule has 1 amide bonds. The van der Waals surface area contributed by atoms with E-state index in [9.17, 15) is 9.59 Å². The minimum atomic E-state index is -0.187. The number of carbonyl (C=O) groups is 1. The third kappa shape index (κ3) is 4.34. The molecule has 5 nitrogen and oxygen atoms in total. The lowest BCUT2D eigenvalue weighted by Crippen LogP contribution is -2.36. The minimum absolute atomic E-state index is 0.00422. The summed E-state index contributed by atoms with van der Waals surface area (Å²) in [5, 5.41) is 2.58. The number of H-pyrrole nitrogens is 1. The molecule has 0 aliphatic rings. The SMILES string of the molecule is CCC(c1ccccc1)N(CC)C(=O)Cc1nc2scc(-c3ccc(C)s3)c2c(=O)[nH]1. The van der Waals surface area contributed by atoms with Gasteiger partial charge in [0.25, 0.3) is 5.56 Å². The zero-order chi connectivity index (χ0) is 22.0. The van der Waals surface area contributed by atoms with Crippen LogP contribution < -0.4 is 5.56 Å². The number of carbonyl (C=O) groups excluding carboxylic acids is 1. The average Bonchev–Trinajstić information content (AvgIpc) is 3.38. The Morgan fingerprint density at radius 3 is 2.58 bits per heavy atom. The van der Waals surface area contributed by atoms with Crippen LogP contribution in [0.4, 0.5) is 0 Å². The fraction of sp³-hybridized carbons (Fsp3) is 0.292. The molecule has 1 unspecified atom stereocenters. The van der Waals surface area contributed by atoms with Gasteiger partial charge in [0.1, 0.15) is 10.7 Å². The van der Waals surface area contributed by atoms with E-state index < -0.39 is 0 Å². The Bertz CT molecular complexity index is 1260. The summed E-state index contributed by atoms with van der Waals surface area (Å²) in [6, 6.07) is 14.2. The van der Waals surface area contributed by atoms with Crippen molar-refractivity contribution in [2.45, 2.75) is 39.7 Å². The van der Waals surface area contributed by atoms with Crippen molar-refractivity contribution in [1.82, 2.24) is 14.9 Å². The standard InChI is InChI=1S/C24H25N3O2S2/c1-4-18(16-9-7-6-8-10-16)27(5-2)21(28)13-20-25-23(29)22-17(14-30-24(22)26-20)19-12-11-15(3)31-19/h6-12,14,18H,4-5,13H2,1-3H3,(H,25,26,29). The second kappa shape index (κ2) is 9.16. The Hall–Kier alpha value is -2.77. The number of nitrogens with one attached hydrogen (secondary N) is 1. The van der Waals surface area contributed by atoms with Crippen LogP contribution in [0.3, 0.4) is 0 Å². The Kier molecular flexibility index (Phi) is 6.34. The van der Waals surface area contributed by atoms with E-state index in [1.165, 1.54) is 16.2 Å². The van der Waals surface area contributed by atoms with Gasteiger partial charge in [0.2, 0.25) is 5.91 Å². The summed E-state index contributed by atoms with van der Waals surface area (Å²) in [4.78, 5) is 38.3. The van der Waals surface area contributed by atoms with E-state index >= 15 is 0 Å². The molecule has 1 atom stereocenters. The summed E-state index contributed by atoms with van der Waals surface area (Å²) in [6.45, 7) is 6.71. The maximum absolute atomic E-state index is 13.2. The van der Waals surface area contributed by atoms with E-state index in [4.69, 9.17) is 0 Å². The normalized spacial score (nSPS) is 12.2. The van der Waals surface area contributed by atoms with E-state index in [2.05, 4.69) is 29.0 Å². The van der Waals surface area contributed by atoms with Gasteiger partial charge >= 0.3 is 0 Å². The number of aryl methyl sites for hydroxylation is 1. The Morgan fingerprint density at radius 2 is 1.94 bits per heavy atom. The van der Waals surface area contributed by atoms with Crippen LogP contribution in [-0.2, 0) is 11.2 Å². The highest BCUT2D eigenvalue weighted by Crippen LogP contribution is 2.35. The number of aromatic nitrogens is 2. The first kappa shape index (κ1) is 21.5. The zero-order valence-electron chi connectivity index (χ0n) is 17.8. The summed E-state index contributed by atoms with van der Waals surface area (Å²) < 4.78 is 0. The van der Waals surface area contributed by atoms with Crippen molar-refractivity contribution >= 4 is 38.8 Å². The van der Waals surface area contributed by atoms with Crippen molar-refractivity contribution in [3.63, 3.8) is 0 Å². The van der Waals surface area contributed by atoms with Gasteiger partial charge in [-0.15, -0.1) is 22.7 Å². The highest BCUT2D eigenvalue weighted by molar-refractivity contribution is 7.19. The Morgan fingerprint density at radius 1 is 1.16 bits per heavy atom. The number of aromatic amines is 1. The molecule has 31 heavy (non-hydrogen) atoms. The maximum atomic E-state index is 13.2. The lowest BCUT2D eigenvalue weighted by atomic mass is 10.0. The van der Waals surface area contributed by atoms with Crippen LogP contribution in [0.15, 0.2) is 52.6 Å². The predicted octanol–water partition coefficient (Wildman–Crippen LogP) is 5.56. The molecule has 3 aromatic heterocycles. The van der Waals surface area contributed by atoms with Crippen LogP contribution >= 0.6 is 22.7 Å². The third-order valence-corrected chi connectivity index (χ3v) is 7.33. The quantitative estimate of drug-likeness (QED) is 0.400. The summed E-state index contributed by atoms with van der Waals surface area (Å²) in [5.74, 6) is 0.381. The van der Waals surface area contributed by atoms with E-state index in [0.29, 0.717) is 22.6 Å². The number of thiophene rings is 2. The number of hydrogen-bond donors (Lipinski definition) is 1. The number of fused-ring (bicyclic) bond motifs is 1. The molecular formula is C24H25N3O2S2. The Balaban J connectivity index is 1.62. The highest BCUT2D eigenvalue weighted by Gasteiger charge is 2.24. The molecule has 1 aromatic carbocycles.